The summed E-state index contributed by atoms with van der Waals surface area (Å²) in [7, 11) is -4.90. The van der Waals surface area contributed by atoms with Crippen LogP contribution in [0, 0.1) is 34.0 Å². The first-order chi connectivity index (χ1) is 59.2. The number of nitrogens with zero attached hydrogens (tertiary/aromatic N) is 1. The number of nitrogens with two attached hydrogens (primary N) is 4. The predicted octanol–water partition coefficient (Wildman–Crippen LogP) is -6.77. The second-order valence-corrected chi connectivity index (χ2v) is 31.7. The summed E-state index contributed by atoms with van der Waals surface area (Å²) >= 11 is 0. The predicted molar refractivity (Wildman–Crippen MR) is 449 cm³/mol. The number of hydrogen-bond acceptors (Lipinski definition) is 26. The molecule has 1 aromatic heterocycles. The zero-order chi connectivity index (χ0) is 93.0. The number of benzene rings is 2. The number of ether oxygens (including phenoxy) is 3. The SMILES string of the molecule is CC[C@@H](C)[C@H](NC(=O)[C@H](CCCNC(=N)N)NC(=O)[C@@H](CCCNC(=N)N)NC(=O)[C@H](Cc1ccccc1)NC(=O)[C@@H](CC(C)C)NC(=O)[C@H](CCCNC(=N)N)NC(=O)[C@@H](Cc1c[nH]c2ccccc12)NC(=O)CNC(=O)[C@@H](CO)NC(=O)[C@@H](NC(=O)CCOCCOCCOCCC(=O)ON1C(=O)CC(S(=O)(=O)O)C1=O)C(C)C)C(=O)N[C@@H](CO)C(N)=O. The summed E-state index contributed by atoms with van der Waals surface area (Å²) in [5.74, 6) is -17.4. The van der Waals surface area contributed by atoms with Crippen LogP contribution >= 0.6 is 0 Å². The number of guanidine groups is 3. The molecule has 4 rings (SSSR count). The lowest BCUT2D eigenvalue weighted by molar-refractivity contribution is -0.198. The summed E-state index contributed by atoms with van der Waals surface area (Å²) < 4.78 is 47.9. The molecular weight excluding hydrogens is 1660 g/mol. The van der Waals surface area contributed by atoms with E-state index in [1.807, 2.05) is 0 Å². The van der Waals surface area contributed by atoms with Crippen molar-refractivity contribution in [2.45, 2.75) is 191 Å². The number of hydroxylamine groups is 2. The van der Waals surface area contributed by atoms with E-state index in [-0.39, 0.29) is 134 Å². The molecule has 0 radical (unpaired) electrons. The number of aromatic amines is 1. The van der Waals surface area contributed by atoms with Gasteiger partial charge in [-0.2, -0.15) is 8.42 Å². The number of rotatable bonds is 59. The van der Waals surface area contributed by atoms with Gasteiger partial charge in [-0.1, -0.05) is 96.5 Å². The van der Waals surface area contributed by atoms with Crippen LogP contribution < -0.4 is 97.4 Å². The van der Waals surface area contributed by atoms with Gasteiger partial charge in [-0.3, -0.25) is 87.9 Å². The lowest BCUT2D eigenvalue weighted by atomic mass is 9.97. The molecule has 3 aromatic rings. The van der Waals surface area contributed by atoms with Gasteiger partial charge in [-0.25, -0.2) is 4.79 Å². The number of imide groups is 1. The Labute approximate surface area is 721 Å². The zero-order valence-electron chi connectivity index (χ0n) is 70.6. The van der Waals surface area contributed by atoms with E-state index >= 15 is 9.59 Å². The van der Waals surface area contributed by atoms with Crippen molar-refractivity contribution in [3.05, 3.63) is 71.9 Å². The molecule has 2 aromatic carbocycles. The fourth-order valence-electron chi connectivity index (χ4n) is 12.4. The molecule has 0 aliphatic carbocycles. The Hall–Kier alpha value is -12.2. The minimum Gasteiger partial charge on any atom is -0.394 e. The highest BCUT2D eigenvalue weighted by atomic mass is 32.2. The monoisotopic (exact) mass is 1780 g/mol. The first kappa shape index (κ1) is 105. The number of amides is 14. The van der Waals surface area contributed by atoms with Crippen molar-refractivity contribution < 1.29 is 114 Å². The summed E-state index contributed by atoms with van der Waals surface area (Å²) in [5.41, 5.74) is 23.7. The van der Waals surface area contributed by atoms with Crippen LogP contribution in [0.25, 0.3) is 10.9 Å². The molecule has 1 fully saturated rings. The molecule has 694 valence electrons. The normalized spacial score (nSPS) is 15.2. The van der Waals surface area contributed by atoms with Crippen LogP contribution in [0.15, 0.2) is 60.8 Å². The lowest BCUT2D eigenvalue weighted by Crippen LogP contribution is -2.61. The third kappa shape index (κ3) is 38.2. The van der Waals surface area contributed by atoms with E-state index in [0.717, 1.165) is 0 Å². The second kappa shape index (κ2) is 54.4. The number of fused-ring (bicyclic) bond motifs is 1. The number of hydrogen-bond donors (Lipinski definition) is 25. The van der Waals surface area contributed by atoms with Crippen molar-refractivity contribution in [1.82, 2.24) is 84.5 Å². The van der Waals surface area contributed by atoms with Crippen molar-refractivity contribution in [3.63, 3.8) is 0 Å². The van der Waals surface area contributed by atoms with Gasteiger partial charge < -0.3 is 132 Å². The Kier molecular flexibility index (Phi) is 45.7. The van der Waals surface area contributed by atoms with Crippen LogP contribution in [-0.4, -0.2) is 284 Å². The van der Waals surface area contributed by atoms with Crippen molar-refractivity contribution in [2.75, 3.05) is 79.0 Å². The molecule has 29 N–H and O–H groups in total. The number of aromatic nitrogens is 1. The van der Waals surface area contributed by atoms with Gasteiger partial charge >= 0.3 is 5.97 Å². The van der Waals surface area contributed by atoms with E-state index in [9.17, 15) is 81.0 Å². The van der Waals surface area contributed by atoms with Gasteiger partial charge in [0.15, 0.2) is 23.1 Å². The smallest absolute Gasteiger partial charge is 0.335 e. The molecular formula is C77H121N23O24S. The molecule has 2 heterocycles. The standard InChI is InChI=1S/C77H121N23O24S/c1-7-44(6)63(73(116)96-55(40-101)64(78)107)99-68(111)51(22-15-27-87-77(83)84)91-66(109)49(20-13-25-85-75(79)80)92-70(113)53(35-45-16-9-8-10-17-45)95-69(112)52(34-42(2)3)94-67(110)50(21-14-26-86-76(81)82)93-71(114)54(36-46-38-88-48-19-12-11-18-47(46)48)90-59(104)39-89-65(108)56(41-102)97-72(115)62(43(4)5)98-58(103)23-28-121-30-32-123-33-31-122-29-24-61(106)124-100-60(105)37-57(74(100)117)125(118,119)120/h8-12,16-19,38,42-44,49-57,62-63,88,101-102H,7,13-15,20-37,39-41H2,1-6H3,(H2,78,107)(H,89,108)(H,90,104)(H,91,109)(H,92,113)(H,93,114)(H,94,110)(H,95,112)(H,96,116)(H,97,115)(H,98,103)(H,99,111)(H4,79,80,85)(H4,81,82,86)(H4,83,84,87)(H,118,119,120)/t44-,49-,50+,51+,52-,53+,54-,55+,56-,57?,62+,63+/m1/s1. The molecule has 0 bridgehead atoms. The van der Waals surface area contributed by atoms with Gasteiger partial charge in [0.1, 0.15) is 60.4 Å². The summed E-state index contributed by atoms with van der Waals surface area (Å²) in [4.78, 5) is 213. The molecule has 125 heavy (non-hydrogen) atoms. The van der Waals surface area contributed by atoms with Crippen LogP contribution in [0.2, 0.25) is 0 Å². The van der Waals surface area contributed by atoms with Crippen molar-refractivity contribution in [3.8, 4) is 0 Å². The maximum atomic E-state index is 15.0. The van der Waals surface area contributed by atoms with Gasteiger partial charge in [-0.05, 0) is 79.9 Å². The molecule has 48 heteroatoms. The Morgan fingerprint density at radius 3 is 1.45 bits per heavy atom. The van der Waals surface area contributed by atoms with Gasteiger partial charge in [0.2, 0.25) is 70.9 Å². The topological polar surface area (TPSA) is 751 Å². The maximum absolute atomic E-state index is 15.0. The van der Waals surface area contributed by atoms with Crippen molar-refractivity contribution >= 4 is 128 Å². The van der Waals surface area contributed by atoms with Crippen LogP contribution in [-0.2, 0) is 114 Å². The van der Waals surface area contributed by atoms with Crippen LogP contribution in [0.3, 0.4) is 0 Å². The molecule has 47 nitrogen and oxygen atoms in total. The van der Waals surface area contributed by atoms with E-state index in [0.29, 0.717) is 28.5 Å². The average molecular weight is 1790 g/mol. The highest BCUT2D eigenvalue weighted by molar-refractivity contribution is 7.87. The summed E-state index contributed by atoms with van der Waals surface area (Å²) in [6.07, 6.45) is -0.520. The highest BCUT2D eigenvalue weighted by Gasteiger charge is 2.49. The van der Waals surface area contributed by atoms with E-state index in [4.69, 9.17) is 57.9 Å². The number of primary amides is 1. The van der Waals surface area contributed by atoms with E-state index in [2.05, 4.69) is 84.3 Å². The first-order valence-electron chi connectivity index (χ1n) is 40.6. The Bertz CT molecular complexity index is 4290. The number of carbonyl (C=O) groups excluding carboxylic acids is 15. The Balaban J connectivity index is 1.51. The molecule has 1 unspecified atom stereocenters. The van der Waals surface area contributed by atoms with Crippen molar-refractivity contribution in [2.24, 2.45) is 40.7 Å². The fourth-order valence-corrected chi connectivity index (χ4v) is 13.1. The Morgan fingerprint density at radius 2 is 0.960 bits per heavy atom. The zero-order valence-corrected chi connectivity index (χ0v) is 71.4. The second-order valence-electron chi connectivity index (χ2n) is 30.1. The third-order valence-electron chi connectivity index (χ3n) is 19.3. The fraction of sp³-hybridized carbons (Fsp3) is 0.584. The largest absolute Gasteiger partial charge is 0.394 e. The number of H-pyrrole nitrogens is 1. The van der Waals surface area contributed by atoms with Gasteiger partial charge in [0, 0.05) is 56.0 Å². The summed E-state index contributed by atoms with van der Waals surface area (Å²) in [6.45, 7) is 7.05. The van der Waals surface area contributed by atoms with Gasteiger partial charge in [-0.15, -0.1) is 5.06 Å². The maximum Gasteiger partial charge on any atom is 0.335 e. The number of aliphatic hydroxyl groups excluding tert-OH is 2. The number of carbonyl (C=O) groups is 15. The quantitative estimate of drug-likeness (QED) is 0.00821. The minimum absolute atomic E-state index is 0.00199. The van der Waals surface area contributed by atoms with E-state index in [1.165, 1.54) is 0 Å². The number of para-hydroxylation sites is 1. The van der Waals surface area contributed by atoms with Gasteiger partial charge in [0.05, 0.1) is 72.2 Å². The summed E-state index contributed by atoms with van der Waals surface area (Å²) in [5, 5.41) is 78.0. The van der Waals surface area contributed by atoms with E-state index in [1.54, 1.807) is 102 Å². The minimum atomic E-state index is -4.90. The molecule has 0 spiro atoms. The molecule has 0 saturated carbocycles. The first-order valence-corrected chi connectivity index (χ1v) is 42.1. The Morgan fingerprint density at radius 1 is 0.512 bits per heavy atom. The van der Waals surface area contributed by atoms with Crippen LogP contribution in [0.4, 0.5) is 0 Å². The number of aliphatic hydroxyl groups is 2. The average Bonchev–Trinajstić information content (AvgIpc) is 1.67. The van der Waals surface area contributed by atoms with Crippen LogP contribution in [0.1, 0.15) is 123 Å². The molecule has 1 aliphatic heterocycles. The molecule has 1 saturated heterocycles. The highest BCUT2D eigenvalue weighted by Crippen LogP contribution is 2.22. The third-order valence-corrected chi connectivity index (χ3v) is 20.4. The lowest BCUT2D eigenvalue weighted by Gasteiger charge is -2.29. The molecule has 12 atom stereocenters. The van der Waals surface area contributed by atoms with Gasteiger partial charge in [0.25, 0.3) is 21.9 Å². The van der Waals surface area contributed by atoms with E-state index < -0.39 is 227 Å². The number of nitrogens with one attached hydrogen (secondary N) is 18. The molecule has 1 aliphatic rings. The molecule has 14 amide bonds. The van der Waals surface area contributed by atoms with Crippen LogP contribution in [0.5, 0.6) is 0 Å². The van der Waals surface area contributed by atoms with Crippen molar-refractivity contribution in [1.29, 1.82) is 16.2 Å². The summed E-state index contributed by atoms with van der Waals surface area (Å²) in [6, 6.07) is 0.518.